The number of ether oxygens (including phenoxy) is 1. The maximum Gasteiger partial charge on any atom is 0.222 e. The Morgan fingerprint density at radius 2 is 1.88 bits per heavy atom. The largest absolute Gasteiger partial charge is 0.378 e. The summed E-state index contributed by atoms with van der Waals surface area (Å²) in [6, 6.07) is 0.136. The van der Waals surface area contributed by atoms with Gasteiger partial charge in [-0.3, -0.25) is 4.79 Å². The van der Waals surface area contributed by atoms with Gasteiger partial charge in [0.1, 0.15) is 0 Å². The minimum Gasteiger partial charge on any atom is -0.378 e. The van der Waals surface area contributed by atoms with Crippen LogP contribution in [0, 0.1) is 5.92 Å². The summed E-state index contributed by atoms with van der Waals surface area (Å²) in [6.07, 6.45) is 3.65. The normalized spacial score (nSPS) is 26.2. The molecule has 0 unspecified atom stereocenters. The van der Waals surface area contributed by atoms with Gasteiger partial charge in [0.15, 0.2) is 0 Å². The molecule has 1 heterocycles. The predicted octanol–water partition coefficient (Wildman–Crippen LogP) is 0.403. The molecule has 1 aliphatic heterocycles. The van der Waals surface area contributed by atoms with E-state index in [-0.39, 0.29) is 36.3 Å². The number of nitrogens with two attached hydrogens (primary N) is 1. The topological polar surface area (TPSA) is 92.9 Å². The third-order valence-corrected chi connectivity index (χ3v) is 6.77. The number of piperazine rings is 1. The van der Waals surface area contributed by atoms with E-state index in [1.54, 1.807) is 4.90 Å². The van der Waals surface area contributed by atoms with Gasteiger partial charge < -0.3 is 15.4 Å². The lowest BCUT2D eigenvalue weighted by atomic mass is 9.99. The van der Waals surface area contributed by atoms with Crippen molar-refractivity contribution in [1.29, 1.82) is 0 Å². The van der Waals surface area contributed by atoms with E-state index in [0.717, 1.165) is 19.3 Å². The average Bonchev–Trinajstić information content (AvgIpc) is 2.92. The lowest BCUT2D eigenvalue weighted by molar-refractivity contribution is -0.133. The van der Waals surface area contributed by atoms with Gasteiger partial charge in [0.25, 0.3) is 0 Å². The first-order valence-corrected chi connectivity index (χ1v) is 10.5. The maximum absolute atomic E-state index is 12.4. The lowest BCUT2D eigenvalue weighted by Gasteiger charge is -2.34. The van der Waals surface area contributed by atoms with E-state index >= 15 is 0 Å². The summed E-state index contributed by atoms with van der Waals surface area (Å²) < 4.78 is 31.4. The van der Waals surface area contributed by atoms with Crippen molar-refractivity contribution >= 4 is 15.9 Å². The molecule has 0 radical (unpaired) electrons. The van der Waals surface area contributed by atoms with E-state index in [1.165, 1.54) is 4.31 Å². The van der Waals surface area contributed by atoms with Gasteiger partial charge in [-0.1, -0.05) is 6.42 Å². The molecule has 2 fully saturated rings. The van der Waals surface area contributed by atoms with Crippen LogP contribution in [0.3, 0.4) is 0 Å². The van der Waals surface area contributed by atoms with Crippen LogP contribution in [0.25, 0.3) is 0 Å². The number of nitrogens with zero attached hydrogens (tertiary/aromatic N) is 2. The van der Waals surface area contributed by atoms with Gasteiger partial charge in [-0.25, -0.2) is 8.42 Å². The number of sulfonamides is 1. The van der Waals surface area contributed by atoms with Gasteiger partial charge in [0.05, 0.1) is 18.5 Å². The highest BCUT2D eigenvalue weighted by Gasteiger charge is 2.31. The van der Waals surface area contributed by atoms with E-state index in [4.69, 9.17) is 10.5 Å². The van der Waals surface area contributed by atoms with Crippen LogP contribution < -0.4 is 5.73 Å². The predicted molar refractivity (Wildman–Crippen MR) is 93.0 cm³/mol. The molecule has 2 atom stereocenters. The molecule has 0 aromatic rings. The molecule has 0 aromatic carbocycles. The third kappa shape index (κ3) is 5.40. The van der Waals surface area contributed by atoms with E-state index in [1.807, 2.05) is 13.8 Å². The second-order valence-electron chi connectivity index (χ2n) is 7.07. The molecular weight excluding hydrogens is 330 g/mol. The molecule has 2 aliphatic rings. The van der Waals surface area contributed by atoms with Crippen molar-refractivity contribution in [3.63, 3.8) is 0 Å². The van der Waals surface area contributed by atoms with Crippen molar-refractivity contribution < 1.29 is 17.9 Å². The maximum atomic E-state index is 12.4. The first-order valence-electron chi connectivity index (χ1n) is 8.92. The Balaban J connectivity index is 1.76. The summed E-state index contributed by atoms with van der Waals surface area (Å²) >= 11 is 0. The monoisotopic (exact) mass is 361 g/mol. The van der Waals surface area contributed by atoms with Gasteiger partial charge in [0, 0.05) is 38.6 Å². The highest BCUT2D eigenvalue weighted by molar-refractivity contribution is 7.89. The number of rotatable bonds is 7. The van der Waals surface area contributed by atoms with Crippen LogP contribution in [-0.2, 0) is 19.6 Å². The first kappa shape index (κ1) is 19.6. The Morgan fingerprint density at radius 3 is 2.42 bits per heavy atom. The minimum absolute atomic E-state index is 0.00391. The fourth-order valence-corrected chi connectivity index (χ4v) is 4.69. The molecule has 1 aliphatic carbocycles. The molecule has 24 heavy (non-hydrogen) atoms. The lowest BCUT2D eigenvalue weighted by Crippen LogP contribution is -2.51. The standard InChI is InChI=1S/C16H31N3O4S/c1-13(2)23-10-11-24(21,22)19-8-6-18(7-9-19)16(20)12-14-4-3-5-15(14)17/h13-15H,3-12,17H2,1-2H3/t14-,15+/m0/s1. The molecule has 1 saturated carbocycles. The summed E-state index contributed by atoms with van der Waals surface area (Å²) in [5.74, 6) is 0.390. The van der Waals surface area contributed by atoms with Gasteiger partial charge in [0.2, 0.25) is 15.9 Å². The molecular formula is C16H31N3O4S. The van der Waals surface area contributed by atoms with Gasteiger partial charge >= 0.3 is 0 Å². The third-order valence-electron chi connectivity index (χ3n) is 4.93. The van der Waals surface area contributed by atoms with Gasteiger partial charge in [-0.05, 0) is 32.6 Å². The Hall–Kier alpha value is -0.700. The smallest absolute Gasteiger partial charge is 0.222 e. The van der Waals surface area contributed by atoms with E-state index in [0.29, 0.717) is 32.6 Å². The van der Waals surface area contributed by atoms with E-state index in [2.05, 4.69) is 0 Å². The SMILES string of the molecule is CC(C)OCCS(=O)(=O)N1CCN(C(=O)C[C@@H]2CCC[C@H]2N)CC1. The van der Waals surface area contributed by atoms with Crippen LogP contribution in [0.4, 0.5) is 0 Å². The highest BCUT2D eigenvalue weighted by atomic mass is 32.2. The highest BCUT2D eigenvalue weighted by Crippen LogP contribution is 2.27. The molecule has 2 N–H and O–H groups in total. The number of hydrogen-bond donors (Lipinski definition) is 1. The number of amides is 1. The van der Waals surface area contributed by atoms with Crippen molar-refractivity contribution in [1.82, 2.24) is 9.21 Å². The Kier molecular flexibility index (Phi) is 7.03. The summed E-state index contributed by atoms with van der Waals surface area (Å²) in [4.78, 5) is 14.2. The Morgan fingerprint density at radius 1 is 1.21 bits per heavy atom. The summed E-state index contributed by atoms with van der Waals surface area (Å²) in [6.45, 7) is 5.63. The zero-order valence-electron chi connectivity index (χ0n) is 14.8. The quantitative estimate of drug-likeness (QED) is 0.709. The van der Waals surface area contributed by atoms with Gasteiger partial charge in [-0.2, -0.15) is 4.31 Å². The minimum atomic E-state index is -3.31. The number of hydrogen-bond acceptors (Lipinski definition) is 5. The van der Waals surface area contributed by atoms with Crippen molar-refractivity contribution in [3.05, 3.63) is 0 Å². The molecule has 1 saturated heterocycles. The Labute approximate surface area is 145 Å². The summed E-state index contributed by atoms with van der Waals surface area (Å²) in [5.41, 5.74) is 6.03. The number of carbonyl (C=O) groups excluding carboxylic acids is 1. The van der Waals surface area contributed by atoms with Crippen LogP contribution in [0.15, 0.2) is 0 Å². The molecule has 0 spiro atoms. The van der Waals surface area contributed by atoms with Crippen molar-refractivity contribution in [2.24, 2.45) is 11.7 Å². The first-order chi connectivity index (χ1) is 11.3. The zero-order chi connectivity index (χ0) is 17.7. The van der Waals surface area contributed by atoms with E-state index < -0.39 is 10.0 Å². The molecule has 7 nitrogen and oxygen atoms in total. The van der Waals surface area contributed by atoms with Crippen molar-refractivity contribution in [2.75, 3.05) is 38.5 Å². The second-order valence-corrected chi connectivity index (χ2v) is 9.16. The molecule has 0 aromatic heterocycles. The van der Waals surface area contributed by atoms with E-state index in [9.17, 15) is 13.2 Å². The van der Waals surface area contributed by atoms with Gasteiger partial charge in [-0.15, -0.1) is 0 Å². The molecule has 8 heteroatoms. The van der Waals surface area contributed by atoms with Crippen LogP contribution >= 0.6 is 0 Å². The molecule has 2 rings (SSSR count). The molecule has 1 amide bonds. The number of carbonyl (C=O) groups is 1. The van der Waals surface area contributed by atoms with Crippen molar-refractivity contribution in [2.45, 2.75) is 51.7 Å². The van der Waals surface area contributed by atoms with Crippen LogP contribution in [0.1, 0.15) is 39.5 Å². The fourth-order valence-electron chi connectivity index (χ4n) is 3.41. The second kappa shape index (κ2) is 8.60. The zero-order valence-corrected chi connectivity index (χ0v) is 15.6. The fraction of sp³-hybridized carbons (Fsp3) is 0.938. The van der Waals surface area contributed by atoms with Crippen LogP contribution in [-0.4, -0.2) is 74.2 Å². The van der Waals surface area contributed by atoms with Crippen molar-refractivity contribution in [3.8, 4) is 0 Å². The molecule has 140 valence electrons. The van der Waals surface area contributed by atoms with Crippen LogP contribution in [0.2, 0.25) is 0 Å². The average molecular weight is 362 g/mol. The summed E-state index contributed by atoms with van der Waals surface area (Å²) in [7, 11) is -3.31. The summed E-state index contributed by atoms with van der Waals surface area (Å²) in [5, 5.41) is 0. The molecule has 0 bridgehead atoms. The van der Waals surface area contributed by atoms with Crippen LogP contribution in [0.5, 0.6) is 0 Å². The Bertz CT molecular complexity index is 515.